The minimum absolute atomic E-state index is 0.0755. The third-order valence-corrected chi connectivity index (χ3v) is 14.8. The average Bonchev–Trinajstić information content (AvgIpc) is 3.46. The molecule has 0 radical (unpaired) electrons. The predicted octanol–water partition coefficient (Wildman–Crippen LogP) is 23.8. The van der Waals surface area contributed by atoms with E-state index in [9.17, 15) is 14.4 Å². The Hall–Kier alpha value is -3.93. The molecule has 0 amide bonds. The van der Waals surface area contributed by atoms with Gasteiger partial charge in [0.1, 0.15) is 13.2 Å². The fourth-order valence-corrected chi connectivity index (χ4v) is 9.70. The fourth-order valence-electron chi connectivity index (χ4n) is 9.70. The lowest BCUT2D eigenvalue weighted by Gasteiger charge is -2.18. The van der Waals surface area contributed by atoms with Gasteiger partial charge in [-0.1, -0.05) is 316 Å². The molecule has 0 aromatic carbocycles. The summed E-state index contributed by atoms with van der Waals surface area (Å²) in [5.41, 5.74) is 0. The van der Waals surface area contributed by atoms with Crippen molar-refractivity contribution in [3.8, 4) is 0 Å². The second-order valence-corrected chi connectivity index (χ2v) is 22.7. The Morgan fingerprint density at radius 1 is 0.259 bits per heavy atom. The Morgan fingerprint density at radius 2 is 0.481 bits per heavy atom. The van der Waals surface area contributed by atoms with Gasteiger partial charge < -0.3 is 14.2 Å². The van der Waals surface area contributed by atoms with E-state index in [0.717, 1.165) is 116 Å². The molecule has 0 bridgehead atoms. The number of carbonyl (C=O) groups excluding carboxylic acids is 3. The van der Waals surface area contributed by atoms with Crippen LogP contribution in [0.15, 0.2) is 109 Å². The van der Waals surface area contributed by atoms with Crippen LogP contribution < -0.4 is 0 Å². The third-order valence-electron chi connectivity index (χ3n) is 14.8. The van der Waals surface area contributed by atoms with Crippen molar-refractivity contribution in [1.29, 1.82) is 0 Å². The molecule has 6 nitrogen and oxygen atoms in total. The first kappa shape index (κ1) is 77.1. The second kappa shape index (κ2) is 68.6. The quantitative estimate of drug-likeness (QED) is 0.0261. The molecule has 1 atom stereocenters. The number of hydrogen-bond donors (Lipinski definition) is 0. The molecule has 81 heavy (non-hydrogen) atoms. The molecule has 0 aliphatic heterocycles. The Kier molecular flexibility index (Phi) is 65.2. The van der Waals surface area contributed by atoms with Crippen LogP contribution >= 0.6 is 0 Å². The summed E-state index contributed by atoms with van der Waals surface area (Å²) in [6.07, 6.45) is 94.2. The number of esters is 3. The van der Waals surface area contributed by atoms with Gasteiger partial charge in [-0.05, 0) is 103 Å². The molecular weight excluding hydrogens is 997 g/mol. The topological polar surface area (TPSA) is 78.9 Å². The highest BCUT2D eigenvalue weighted by atomic mass is 16.6. The summed E-state index contributed by atoms with van der Waals surface area (Å²) in [5.74, 6) is -0.872. The molecule has 1 unspecified atom stereocenters. The molecule has 0 saturated carbocycles. The van der Waals surface area contributed by atoms with Gasteiger partial charge >= 0.3 is 17.9 Å². The van der Waals surface area contributed by atoms with E-state index in [-0.39, 0.29) is 31.1 Å². The molecule has 0 fully saturated rings. The lowest BCUT2D eigenvalue weighted by Crippen LogP contribution is -2.30. The zero-order chi connectivity index (χ0) is 58.5. The summed E-state index contributed by atoms with van der Waals surface area (Å²) in [7, 11) is 0. The van der Waals surface area contributed by atoms with Crippen molar-refractivity contribution in [2.45, 2.75) is 335 Å². The first-order chi connectivity index (χ1) is 40.0. The van der Waals surface area contributed by atoms with Crippen LogP contribution in [0, 0.1) is 0 Å². The van der Waals surface area contributed by atoms with Crippen LogP contribution in [0.3, 0.4) is 0 Å². The van der Waals surface area contributed by atoms with Gasteiger partial charge in [-0.3, -0.25) is 14.4 Å². The summed E-state index contributed by atoms with van der Waals surface area (Å²) in [6.45, 7) is 6.40. The zero-order valence-electron chi connectivity index (χ0n) is 53.3. The highest BCUT2D eigenvalue weighted by molar-refractivity contribution is 5.71. The number of allylic oxidation sites excluding steroid dienone is 18. The zero-order valence-corrected chi connectivity index (χ0v) is 53.3. The normalized spacial score (nSPS) is 12.8. The highest BCUT2D eigenvalue weighted by Crippen LogP contribution is 2.17. The van der Waals surface area contributed by atoms with Crippen LogP contribution in [0.5, 0.6) is 0 Å². The van der Waals surface area contributed by atoms with Crippen LogP contribution in [0.2, 0.25) is 0 Å². The van der Waals surface area contributed by atoms with Gasteiger partial charge in [-0.15, -0.1) is 0 Å². The smallest absolute Gasteiger partial charge is 0.306 e. The molecule has 0 aromatic heterocycles. The molecule has 0 saturated heterocycles. The Bertz CT molecular complexity index is 1620. The van der Waals surface area contributed by atoms with E-state index in [1.54, 1.807) is 0 Å². The monoisotopic (exact) mass is 1120 g/mol. The van der Waals surface area contributed by atoms with Crippen molar-refractivity contribution >= 4 is 17.9 Å². The van der Waals surface area contributed by atoms with Gasteiger partial charge in [-0.2, -0.15) is 0 Å². The van der Waals surface area contributed by atoms with Crippen molar-refractivity contribution in [2.75, 3.05) is 13.2 Å². The number of ether oxygens (including phenoxy) is 3. The molecule has 0 aliphatic rings. The first-order valence-electron chi connectivity index (χ1n) is 34.4. The van der Waals surface area contributed by atoms with E-state index in [4.69, 9.17) is 14.2 Å². The fraction of sp³-hybridized carbons (Fsp3) is 0.720. The number of unbranched alkanes of at least 4 members (excludes halogenated alkanes) is 33. The summed E-state index contributed by atoms with van der Waals surface area (Å²) in [6, 6.07) is 0. The maximum absolute atomic E-state index is 12.9. The summed E-state index contributed by atoms with van der Waals surface area (Å²) in [5, 5.41) is 0. The third kappa shape index (κ3) is 66.8. The molecule has 0 heterocycles. The van der Waals surface area contributed by atoms with Crippen LogP contribution in [0.4, 0.5) is 0 Å². The lowest BCUT2D eigenvalue weighted by atomic mass is 10.0. The maximum Gasteiger partial charge on any atom is 0.306 e. The molecule has 0 aliphatic carbocycles. The van der Waals surface area contributed by atoms with E-state index >= 15 is 0 Å². The van der Waals surface area contributed by atoms with Crippen molar-refractivity contribution in [3.63, 3.8) is 0 Å². The SMILES string of the molecule is CC/C=C\C/C=C\C/C=C\C/C=C\C/C=C\CCCCCCCCCCCCCCCCCC(=O)OCC(COC(=O)CCCCCCCCC)OC(=O)CCCCCCCCCCCCCC/C=C\C/C=C\C/C=C\C/C=C\CC. The van der Waals surface area contributed by atoms with E-state index < -0.39 is 6.10 Å². The van der Waals surface area contributed by atoms with Crippen LogP contribution in [0.1, 0.15) is 329 Å². The minimum Gasteiger partial charge on any atom is -0.462 e. The summed E-state index contributed by atoms with van der Waals surface area (Å²) < 4.78 is 16.9. The van der Waals surface area contributed by atoms with Gasteiger partial charge in [0.15, 0.2) is 6.10 Å². The number of hydrogen-bond acceptors (Lipinski definition) is 6. The van der Waals surface area contributed by atoms with E-state index in [1.807, 2.05) is 0 Å². The van der Waals surface area contributed by atoms with Gasteiger partial charge in [0.25, 0.3) is 0 Å². The van der Waals surface area contributed by atoms with Crippen molar-refractivity contribution in [1.82, 2.24) is 0 Å². The van der Waals surface area contributed by atoms with E-state index in [2.05, 4.69) is 130 Å². The molecule has 464 valence electrons. The molecule has 0 aromatic rings. The molecule has 0 spiro atoms. The molecule has 6 heteroatoms. The largest absolute Gasteiger partial charge is 0.462 e. The van der Waals surface area contributed by atoms with Gasteiger partial charge in [0, 0.05) is 19.3 Å². The molecular formula is C75H128O6. The average molecular weight is 1130 g/mol. The number of carbonyl (C=O) groups is 3. The van der Waals surface area contributed by atoms with Crippen molar-refractivity contribution in [2.24, 2.45) is 0 Å². The van der Waals surface area contributed by atoms with E-state index in [1.165, 1.54) is 173 Å². The summed E-state index contributed by atoms with van der Waals surface area (Å²) >= 11 is 0. The van der Waals surface area contributed by atoms with Crippen molar-refractivity contribution in [3.05, 3.63) is 109 Å². The molecule has 0 N–H and O–H groups in total. The lowest BCUT2D eigenvalue weighted by molar-refractivity contribution is -0.167. The van der Waals surface area contributed by atoms with Crippen LogP contribution in [-0.4, -0.2) is 37.2 Å². The minimum atomic E-state index is -0.777. The van der Waals surface area contributed by atoms with Crippen LogP contribution in [0.25, 0.3) is 0 Å². The Morgan fingerprint density at radius 3 is 0.753 bits per heavy atom. The van der Waals surface area contributed by atoms with Crippen LogP contribution in [-0.2, 0) is 28.6 Å². The van der Waals surface area contributed by atoms with Gasteiger partial charge in [0.05, 0.1) is 0 Å². The first-order valence-corrected chi connectivity index (χ1v) is 34.4. The Labute approximate surface area is 501 Å². The van der Waals surface area contributed by atoms with Gasteiger partial charge in [0.2, 0.25) is 0 Å². The number of rotatable bonds is 62. The van der Waals surface area contributed by atoms with Gasteiger partial charge in [-0.25, -0.2) is 0 Å². The van der Waals surface area contributed by atoms with E-state index in [0.29, 0.717) is 19.3 Å². The maximum atomic E-state index is 12.9. The second-order valence-electron chi connectivity index (χ2n) is 22.7. The van der Waals surface area contributed by atoms with Crippen molar-refractivity contribution < 1.29 is 28.6 Å². The summed E-state index contributed by atoms with van der Waals surface area (Å²) in [4.78, 5) is 38.2. The standard InChI is InChI=1S/C75H128O6/c1-4-7-10-13-16-18-20-22-24-26-28-30-32-34-35-36-37-38-39-41-42-44-46-48-50-52-54-56-59-62-65-68-74(77)80-71-72(70-79-73(76)67-64-61-58-15-12-9-6-3)81-75(78)69-66-63-60-57-55-53-51-49-47-45-43-40-33-31-29-27-25-23-21-19-17-14-11-8-5-2/h7-8,10-11,16-19,22-25,28-31,34-35,72H,4-6,9,12-15,20-21,26-27,32-33,36-71H2,1-3H3/b10-7-,11-8-,18-16-,19-17-,24-22-,25-23-,30-28-,31-29-,35-34-. The predicted molar refractivity (Wildman–Crippen MR) is 353 cm³/mol. The Balaban J connectivity index is 4.07. The molecule has 0 rings (SSSR count). The highest BCUT2D eigenvalue weighted by Gasteiger charge is 2.19.